The van der Waals surface area contributed by atoms with Crippen molar-refractivity contribution in [1.29, 1.82) is 0 Å². The van der Waals surface area contributed by atoms with Gasteiger partial charge < -0.3 is 44.4 Å². The fourth-order valence-electron chi connectivity index (χ4n) is 9.98. The smallest absolute Gasteiger partial charge is 4.00 e. The van der Waals surface area contributed by atoms with Crippen molar-refractivity contribution in [2.24, 2.45) is 14.1 Å². The summed E-state index contributed by atoms with van der Waals surface area (Å²) in [6.07, 6.45) is 6.29. The first-order chi connectivity index (χ1) is 33.0. The van der Waals surface area contributed by atoms with Gasteiger partial charge >= 0.3 is 62.7 Å². The van der Waals surface area contributed by atoms with Crippen LogP contribution >= 0.6 is 62.9 Å². The van der Waals surface area contributed by atoms with Crippen LogP contribution in [0.25, 0.3) is 82.1 Å². The molecule has 3 aliphatic rings. The molecule has 3 atom stereocenters. The van der Waals surface area contributed by atoms with E-state index in [2.05, 4.69) is 187 Å². The minimum Gasteiger partial charge on any atom is 4.00 e. The number of halogens is 6. The largest absolute Gasteiger partial charge is 4.00 e. The van der Waals surface area contributed by atoms with Crippen molar-refractivity contribution < 1.29 is 38.7 Å². The number of fused-ring (bicyclic) bond motifs is 16. The normalized spacial score (nSPS) is 15.5. The molecule has 0 N–H and O–H groups in total. The van der Waals surface area contributed by atoms with E-state index in [0.717, 1.165) is 12.0 Å². The molecule has 0 radical (unpaired) electrons. The third kappa shape index (κ3) is 18.6. The molecule has 73 heavy (non-hydrogen) atoms. The van der Waals surface area contributed by atoms with E-state index in [1.807, 2.05) is 0 Å². The quantitative estimate of drug-likeness (QED) is 0.0941. The van der Waals surface area contributed by atoms with E-state index in [1.54, 1.807) is 78.3 Å². The van der Waals surface area contributed by atoms with Crippen molar-refractivity contribution in [2.45, 2.75) is 76.8 Å². The number of aryl methyl sites for hydroxylation is 2. The molecule has 0 amide bonds. The Morgan fingerprint density at radius 3 is 1.48 bits per heavy atom. The monoisotopic (exact) mass is 1230 g/mol. The van der Waals surface area contributed by atoms with Gasteiger partial charge in [-0.1, -0.05) is 150 Å². The molecule has 1 fully saturated rings. The van der Waals surface area contributed by atoms with Crippen molar-refractivity contribution in [3.63, 3.8) is 0 Å². The summed E-state index contributed by atoms with van der Waals surface area (Å²) in [5, 5.41) is 20.1. The first kappa shape index (κ1) is 72.1. The van der Waals surface area contributed by atoms with Crippen molar-refractivity contribution in [3.8, 4) is 11.3 Å². The number of aromatic nitrogens is 2. The van der Waals surface area contributed by atoms with Crippen LogP contribution in [0.3, 0.4) is 0 Å². The summed E-state index contributed by atoms with van der Waals surface area (Å²) in [6, 6.07) is 35.9. The van der Waals surface area contributed by atoms with Gasteiger partial charge in [0, 0.05) is 52.2 Å². The molecule has 0 saturated heterocycles. The average molecular weight is 1230 g/mol. The summed E-state index contributed by atoms with van der Waals surface area (Å²) in [4.78, 5) is 0. The molecule has 17 heteroatoms. The fourth-order valence-corrected chi connectivity index (χ4v) is 13.0. The molecule has 3 unspecified atom stereocenters. The topological polar surface area (TPSA) is 66.3 Å². The van der Waals surface area contributed by atoms with Crippen LogP contribution in [0, 0.1) is 14.0 Å². The Morgan fingerprint density at radius 2 is 1.00 bits per heavy atom. The van der Waals surface area contributed by atoms with E-state index >= 15 is 0 Å². The zero-order valence-corrected chi connectivity index (χ0v) is 56.0. The second-order valence-electron chi connectivity index (χ2n) is 19.4. The molecule has 398 valence electrons. The molecule has 5 aromatic carbocycles. The van der Waals surface area contributed by atoms with Gasteiger partial charge in [0.2, 0.25) is 0 Å². The zero-order valence-electron chi connectivity index (χ0n) is 45.3. The number of rotatable bonds is 2. The molecule has 7 aromatic rings. The molecule has 2 heterocycles. The van der Waals surface area contributed by atoms with Crippen molar-refractivity contribution in [3.05, 3.63) is 160 Å². The predicted octanol–water partition coefficient (Wildman–Crippen LogP) is 19.9. The maximum Gasteiger partial charge on any atom is 4.00 e. The summed E-state index contributed by atoms with van der Waals surface area (Å²) in [6.45, 7) is 16.9. The van der Waals surface area contributed by atoms with Crippen LogP contribution in [0.1, 0.15) is 54.4 Å². The van der Waals surface area contributed by atoms with E-state index in [1.165, 1.54) is 73.1 Å². The Balaban J connectivity index is 0.00000102. The van der Waals surface area contributed by atoms with E-state index in [-0.39, 0.29) is 36.6 Å². The number of nitrogens with zero attached hydrogens (tertiary/aromatic N) is 6. The molecular formula is C56H80Cl6N6Si3Ti2-2. The van der Waals surface area contributed by atoms with E-state index in [4.69, 9.17) is 62.9 Å². The van der Waals surface area contributed by atoms with E-state index < -0.39 is 38.5 Å². The van der Waals surface area contributed by atoms with Crippen LogP contribution in [0.15, 0.2) is 102 Å². The first-order valence-electron chi connectivity index (χ1n) is 23.3. The van der Waals surface area contributed by atoms with Crippen LogP contribution in [0.2, 0.25) is 38.3 Å². The van der Waals surface area contributed by atoms with Gasteiger partial charge in [-0.25, -0.2) is 0 Å². The number of para-hydroxylation sites is 2. The van der Waals surface area contributed by atoms with Gasteiger partial charge in [0.15, 0.2) is 0 Å². The van der Waals surface area contributed by atoms with E-state index in [9.17, 15) is 0 Å². The summed E-state index contributed by atoms with van der Waals surface area (Å²) in [5.74, 6) is 1.34. The van der Waals surface area contributed by atoms with Gasteiger partial charge in [0.05, 0.1) is 19.3 Å². The third-order valence-electron chi connectivity index (χ3n) is 12.7. The second-order valence-corrected chi connectivity index (χ2v) is 43.1. The SMILES string of the molecule is C.C[N-]C.C[N-]C.C[N-]C.C[N-]C.Cl[Si](Cl)(Cl)Cl.Cn1c2ccccc2c2c3c(c4ccccc4c21)C=C([Si](C)(C)C)C3.[CH2-][Si](C)(C)C1CC2c3ccccc3-c3c(c4ccccc4n3C)C2C1.[CH3-].[Cl][Ti][Cl].[Ti+4]. The third-order valence-corrected chi connectivity index (χ3v) is 17.6. The van der Waals surface area contributed by atoms with Gasteiger partial charge in [0.25, 0.3) is 0 Å². The van der Waals surface area contributed by atoms with Crippen LogP contribution in [-0.4, -0.2) is 87.0 Å². The molecule has 10 rings (SSSR count). The number of hydrogen-bond acceptors (Lipinski definition) is 0. The zero-order chi connectivity index (χ0) is 52.7. The molecule has 1 saturated carbocycles. The van der Waals surface area contributed by atoms with Gasteiger partial charge in [0.1, 0.15) is 0 Å². The number of benzene rings is 5. The maximum absolute atomic E-state index is 4.97. The van der Waals surface area contributed by atoms with Gasteiger partial charge in [-0.2, -0.15) is 56.4 Å². The summed E-state index contributed by atoms with van der Waals surface area (Å²) in [5.41, 5.74) is 14.0. The predicted molar refractivity (Wildman–Crippen MR) is 337 cm³/mol. The summed E-state index contributed by atoms with van der Waals surface area (Å²) in [7, 11) is 25.6. The molecule has 0 aliphatic heterocycles. The fraction of sp³-hybridized carbons (Fsp3) is 0.393. The number of allylic oxidation sites excluding steroid dienone is 1. The maximum atomic E-state index is 4.97. The molecule has 0 bridgehead atoms. The molecule has 0 spiro atoms. The first-order valence-corrected chi connectivity index (χ1v) is 40.4. The molecule has 3 aliphatic carbocycles. The molecular weight excluding hydrogens is 1150 g/mol. The Labute approximate surface area is 495 Å². The van der Waals surface area contributed by atoms with Crippen LogP contribution < -0.4 is 0 Å². The van der Waals surface area contributed by atoms with Crippen LogP contribution in [-0.2, 0) is 59.3 Å². The van der Waals surface area contributed by atoms with Crippen molar-refractivity contribution in [1.82, 2.24) is 9.13 Å². The number of hydrogen-bond donors (Lipinski definition) is 0. The van der Waals surface area contributed by atoms with Crippen molar-refractivity contribution >= 4 is 134 Å². The van der Waals surface area contributed by atoms with E-state index in [0.29, 0.717) is 11.8 Å². The molecule has 6 nitrogen and oxygen atoms in total. The second kappa shape index (κ2) is 33.5. The Hall–Kier alpha value is -0.901. The summed E-state index contributed by atoms with van der Waals surface area (Å²) >= 11 is 19.3. The van der Waals surface area contributed by atoms with Crippen LogP contribution in [0.4, 0.5) is 0 Å². The van der Waals surface area contributed by atoms with Gasteiger partial charge in [-0.15, -0.1) is 44.3 Å². The summed E-state index contributed by atoms with van der Waals surface area (Å²) < 4.78 is 4.82. The standard InChI is InChI=1S/C23H26NSi.C23H23NSi.4C2H6N.CH4.CH3.Cl4Si.2ClH.2Ti/c2*1-24-21-12-8-7-11-18(21)22-20-14-15(25(2,3)4)13-19(20)16-9-5-6-10-17(16)23(22)24;4*1-3-2;;;1-5(2,3)4;;;;/h5-12,15,19-20H,2,13-14H2,1,3-4H3;5-13H,14H2,1-4H3;4*1-2H3;1H4;1H3;;2*1H;;/q-1;;4*-1;;-1;;;;+2;+4/p-2. The average Bonchev–Trinajstić information content (AvgIpc) is 4.08. The Kier molecular flexibility index (Phi) is 33.1. The van der Waals surface area contributed by atoms with Gasteiger partial charge in [-0.3, -0.25) is 0 Å². The minimum absolute atomic E-state index is 0. The van der Waals surface area contributed by atoms with Gasteiger partial charge in [-0.05, 0) is 70.9 Å². The Bertz CT molecular complexity index is 2760. The van der Waals surface area contributed by atoms with Crippen LogP contribution in [0.5, 0.6) is 0 Å². The van der Waals surface area contributed by atoms with Crippen molar-refractivity contribution in [2.75, 3.05) is 56.4 Å². The Morgan fingerprint density at radius 1 is 0.603 bits per heavy atom. The molecule has 2 aromatic heterocycles. The minimum atomic E-state index is -2.72.